The largest absolute Gasteiger partial charge is 0.460 e. The number of ether oxygens (including phenoxy) is 2. The lowest BCUT2D eigenvalue weighted by Gasteiger charge is -2.28. The lowest BCUT2D eigenvalue weighted by Crippen LogP contribution is -2.37. The summed E-state index contributed by atoms with van der Waals surface area (Å²) in [5.41, 5.74) is 4.84. The predicted molar refractivity (Wildman–Crippen MR) is 141 cm³/mol. The van der Waals surface area contributed by atoms with E-state index in [0.717, 1.165) is 6.07 Å². The maximum atomic E-state index is 15.0. The normalized spacial score (nSPS) is 15.5. The molecule has 1 amide bonds. The molecule has 2 atom stereocenters. The average Bonchev–Trinajstić information content (AvgIpc) is 2.83. The number of nitrogens with zero attached hydrogens (tertiary/aromatic N) is 3. The number of halogens is 2. The minimum absolute atomic E-state index is 0.0589. The van der Waals surface area contributed by atoms with Gasteiger partial charge in [0, 0.05) is 25.2 Å². The Morgan fingerprint density at radius 3 is 2.45 bits per heavy atom. The van der Waals surface area contributed by atoms with Crippen molar-refractivity contribution in [2.75, 3.05) is 41.8 Å². The quantitative estimate of drug-likeness (QED) is 0.387. The Hall–Kier alpha value is -3.54. The first kappa shape index (κ1) is 29.0. The molecule has 0 saturated carbocycles. The molecule has 2 aromatic rings. The summed E-state index contributed by atoms with van der Waals surface area (Å²) in [6.07, 6.45) is 2.08. The molecule has 0 unspecified atom stereocenters. The molecule has 0 spiro atoms. The molecular weight excluding hydrogens is 498 g/mol. The van der Waals surface area contributed by atoms with Crippen molar-refractivity contribution in [1.82, 2.24) is 9.97 Å². The van der Waals surface area contributed by atoms with Gasteiger partial charge in [-0.15, -0.1) is 0 Å². The number of pyridine rings is 2. The number of anilines is 4. The smallest absolute Gasteiger partial charge is 0.306 e. The number of esters is 1. The fourth-order valence-electron chi connectivity index (χ4n) is 4.13. The SMILES string of the molecule is CC[C@@H](Nc1nc(Nc2cnc(N3CCOCC3)c(F)c2)c(C(N)=O)cc1F)[C@H](C)CC(=O)OC(C)(C)C. The minimum atomic E-state index is -0.908. The zero-order valence-electron chi connectivity index (χ0n) is 22.4. The average molecular weight is 535 g/mol. The summed E-state index contributed by atoms with van der Waals surface area (Å²) in [6.45, 7) is 11.1. The van der Waals surface area contributed by atoms with Crippen LogP contribution in [0.3, 0.4) is 0 Å². The second-order valence-electron chi connectivity index (χ2n) is 10.3. The Labute approximate surface area is 221 Å². The van der Waals surface area contributed by atoms with E-state index in [4.69, 9.17) is 15.2 Å². The van der Waals surface area contributed by atoms with Gasteiger partial charge in [-0.2, -0.15) is 0 Å². The van der Waals surface area contributed by atoms with Crippen LogP contribution in [-0.2, 0) is 14.3 Å². The summed E-state index contributed by atoms with van der Waals surface area (Å²) in [6, 6.07) is 1.86. The van der Waals surface area contributed by atoms with Crippen molar-refractivity contribution in [2.45, 2.75) is 59.1 Å². The highest BCUT2D eigenvalue weighted by Crippen LogP contribution is 2.28. The summed E-state index contributed by atoms with van der Waals surface area (Å²) in [5.74, 6) is -2.86. The predicted octanol–water partition coefficient (Wildman–Crippen LogP) is 3.99. The van der Waals surface area contributed by atoms with E-state index < -0.39 is 23.1 Å². The molecule has 1 aliphatic rings. The van der Waals surface area contributed by atoms with Crippen molar-refractivity contribution in [3.05, 3.63) is 35.5 Å². The molecule has 3 heterocycles. The number of rotatable bonds is 10. The third-order valence-electron chi connectivity index (χ3n) is 5.99. The number of amides is 1. The van der Waals surface area contributed by atoms with Crippen LogP contribution < -0.4 is 21.3 Å². The topological polar surface area (TPSA) is 132 Å². The molecule has 1 saturated heterocycles. The fourth-order valence-corrected chi connectivity index (χ4v) is 4.13. The first-order valence-corrected chi connectivity index (χ1v) is 12.6. The van der Waals surface area contributed by atoms with Gasteiger partial charge in [-0.25, -0.2) is 18.7 Å². The molecule has 0 radical (unpaired) electrons. The lowest BCUT2D eigenvalue weighted by molar-refractivity contribution is -0.155. The second kappa shape index (κ2) is 12.3. The molecule has 0 aromatic carbocycles. The summed E-state index contributed by atoms with van der Waals surface area (Å²) in [4.78, 5) is 34.5. The minimum Gasteiger partial charge on any atom is -0.460 e. The summed E-state index contributed by atoms with van der Waals surface area (Å²) in [7, 11) is 0. The number of carbonyl (C=O) groups excluding carboxylic acids is 2. The Morgan fingerprint density at radius 1 is 1.18 bits per heavy atom. The van der Waals surface area contributed by atoms with E-state index in [2.05, 4.69) is 20.6 Å². The van der Waals surface area contributed by atoms with Crippen LogP contribution in [0.4, 0.5) is 31.9 Å². The van der Waals surface area contributed by atoms with Crippen LogP contribution in [0.1, 0.15) is 57.8 Å². The van der Waals surface area contributed by atoms with Crippen LogP contribution in [0.5, 0.6) is 0 Å². The van der Waals surface area contributed by atoms with Crippen LogP contribution in [0.2, 0.25) is 0 Å². The summed E-state index contributed by atoms with van der Waals surface area (Å²) >= 11 is 0. The van der Waals surface area contributed by atoms with Crippen LogP contribution in [-0.4, -0.2) is 59.8 Å². The number of primary amides is 1. The highest BCUT2D eigenvalue weighted by atomic mass is 19.1. The zero-order chi connectivity index (χ0) is 28.0. The first-order valence-electron chi connectivity index (χ1n) is 12.6. The molecule has 38 heavy (non-hydrogen) atoms. The fraction of sp³-hybridized carbons (Fsp3) is 0.538. The van der Waals surface area contributed by atoms with Gasteiger partial charge in [-0.1, -0.05) is 13.8 Å². The molecule has 1 aliphatic heterocycles. The highest BCUT2D eigenvalue weighted by Gasteiger charge is 2.25. The third-order valence-corrected chi connectivity index (χ3v) is 5.99. The van der Waals surface area contributed by atoms with Gasteiger partial charge < -0.3 is 30.7 Å². The van der Waals surface area contributed by atoms with Crippen molar-refractivity contribution < 1.29 is 27.8 Å². The number of nitrogens with one attached hydrogen (secondary N) is 2. The maximum absolute atomic E-state index is 15.0. The molecule has 10 nitrogen and oxygen atoms in total. The van der Waals surface area contributed by atoms with Crippen LogP contribution in [0.25, 0.3) is 0 Å². The van der Waals surface area contributed by atoms with Crippen molar-refractivity contribution in [1.29, 1.82) is 0 Å². The van der Waals surface area contributed by atoms with E-state index in [1.807, 2.05) is 13.8 Å². The van der Waals surface area contributed by atoms with E-state index in [1.54, 1.807) is 25.7 Å². The lowest BCUT2D eigenvalue weighted by atomic mass is 9.96. The van der Waals surface area contributed by atoms with Crippen molar-refractivity contribution >= 4 is 35.0 Å². The zero-order valence-corrected chi connectivity index (χ0v) is 22.4. The summed E-state index contributed by atoms with van der Waals surface area (Å²) in [5, 5.41) is 5.86. The molecule has 0 aliphatic carbocycles. The molecule has 2 aromatic heterocycles. The number of hydrogen-bond donors (Lipinski definition) is 3. The van der Waals surface area contributed by atoms with Gasteiger partial charge >= 0.3 is 5.97 Å². The second-order valence-corrected chi connectivity index (χ2v) is 10.3. The highest BCUT2D eigenvalue weighted by molar-refractivity contribution is 5.98. The Morgan fingerprint density at radius 2 is 1.87 bits per heavy atom. The standard InChI is InChI=1S/C26H36F2N6O4/c1-6-20(15(2)11-21(35)38-26(3,4)5)32-24-18(27)13-17(22(29)36)23(33-24)31-16-12-19(28)25(30-14-16)34-7-9-37-10-8-34/h12-15,20H,6-11H2,1-5H3,(H2,29,36)(H2,31,32,33)/t15-,20-/m1/s1. The Balaban J connectivity index is 1.81. The van der Waals surface area contributed by atoms with Gasteiger partial charge in [-0.05, 0) is 39.2 Å². The van der Waals surface area contributed by atoms with E-state index in [9.17, 15) is 18.4 Å². The number of aromatic nitrogens is 2. The molecule has 3 rings (SSSR count). The number of hydrogen-bond acceptors (Lipinski definition) is 9. The van der Waals surface area contributed by atoms with Gasteiger partial charge in [0.2, 0.25) is 0 Å². The molecule has 0 bridgehead atoms. The van der Waals surface area contributed by atoms with Crippen LogP contribution in [0.15, 0.2) is 18.3 Å². The molecule has 4 N–H and O–H groups in total. The van der Waals surface area contributed by atoms with E-state index in [-0.39, 0.29) is 53.1 Å². The van der Waals surface area contributed by atoms with Crippen molar-refractivity contribution in [3.63, 3.8) is 0 Å². The van der Waals surface area contributed by atoms with Crippen molar-refractivity contribution in [3.8, 4) is 0 Å². The van der Waals surface area contributed by atoms with Crippen LogP contribution >= 0.6 is 0 Å². The maximum Gasteiger partial charge on any atom is 0.306 e. The van der Waals surface area contributed by atoms with Gasteiger partial charge in [0.05, 0.1) is 37.1 Å². The Bertz CT molecular complexity index is 1150. The van der Waals surface area contributed by atoms with Gasteiger partial charge in [0.15, 0.2) is 23.3 Å². The monoisotopic (exact) mass is 534 g/mol. The summed E-state index contributed by atoms with van der Waals surface area (Å²) < 4.78 is 40.5. The first-order chi connectivity index (χ1) is 17.9. The Kier molecular flexibility index (Phi) is 9.42. The molecule has 12 heteroatoms. The van der Waals surface area contributed by atoms with Crippen molar-refractivity contribution in [2.24, 2.45) is 11.7 Å². The molecule has 208 valence electrons. The van der Waals surface area contributed by atoms with Gasteiger partial charge in [0.1, 0.15) is 11.4 Å². The number of morpholine rings is 1. The van der Waals surface area contributed by atoms with E-state index >= 15 is 0 Å². The number of nitrogens with two attached hydrogens (primary N) is 1. The third kappa shape index (κ3) is 7.73. The van der Waals surface area contributed by atoms with Gasteiger partial charge in [-0.3, -0.25) is 9.59 Å². The van der Waals surface area contributed by atoms with Crippen LogP contribution in [0, 0.1) is 17.6 Å². The van der Waals surface area contributed by atoms with E-state index in [0.29, 0.717) is 32.7 Å². The van der Waals surface area contributed by atoms with Gasteiger partial charge in [0.25, 0.3) is 5.91 Å². The molecular formula is C26H36F2N6O4. The number of carbonyl (C=O) groups is 2. The molecule has 1 fully saturated rings. The van der Waals surface area contributed by atoms with E-state index in [1.165, 1.54) is 12.3 Å².